The van der Waals surface area contributed by atoms with Gasteiger partial charge in [-0.05, 0) is 19.4 Å². The monoisotopic (exact) mass is 319 g/mol. The van der Waals surface area contributed by atoms with Gasteiger partial charge in [-0.3, -0.25) is 14.8 Å². The third-order valence-corrected chi connectivity index (χ3v) is 4.76. The molecule has 0 spiro atoms. The van der Waals surface area contributed by atoms with Gasteiger partial charge in [-0.25, -0.2) is 4.98 Å². The molecule has 0 saturated carbocycles. The van der Waals surface area contributed by atoms with Crippen molar-refractivity contribution in [3.8, 4) is 0 Å². The third-order valence-electron chi connectivity index (χ3n) is 3.94. The van der Waals surface area contributed by atoms with Crippen molar-refractivity contribution in [1.29, 1.82) is 0 Å². The second-order valence-electron chi connectivity index (χ2n) is 5.56. The number of aryl methyl sites for hydroxylation is 2. The first-order valence-corrected chi connectivity index (χ1v) is 8.50. The summed E-state index contributed by atoms with van der Waals surface area (Å²) in [5.74, 6) is 0.0279. The molecule has 1 fully saturated rings. The average Bonchev–Trinajstić information content (AvgIpc) is 3.16. The minimum atomic E-state index is 0.0279. The van der Waals surface area contributed by atoms with E-state index in [0.29, 0.717) is 5.69 Å². The summed E-state index contributed by atoms with van der Waals surface area (Å²) in [4.78, 5) is 21.1. The second-order valence-corrected chi connectivity index (χ2v) is 6.62. The first-order chi connectivity index (χ1) is 10.7. The van der Waals surface area contributed by atoms with Gasteiger partial charge in [-0.2, -0.15) is 5.10 Å². The third kappa shape index (κ3) is 3.36. The summed E-state index contributed by atoms with van der Waals surface area (Å²) in [5.41, 5.74) is 2.66. The summed E-state index contributed by atoms with van der Waals surface area (Å²) in [6.45, 7) is 8.20. The number of carbonyl (C=O) groups is 1. The second kappa shape index (κ2) is 6.58. The molecule has 0 aromatic carbocycles. The van der Waals surface area contributed by atoms with Gasteiger partial charge < -0.3 is 4.90 Å². The zero-order valence-electron chi connectivity index (χ0n) is 13.0. The molecule has 0 aliphatic carbocycles. The Morgan fingerprint density at radius 2 is 2.14 bits per heavy atom. The Morgan fingerprint density at radius 1 is 1.36 bits per heavy atom. The molecular formula is C15H21N5OS. The standard InChI is InChI=1S/C15H21N5OS/c1-3-12-8-14(18-17-12)15(21)20-6-4-19(5-7-20)9-13-10-22-11(2)16-13/h8,10H,3-7,9H2,1-2H3,(H,17,18). The molecule has 7 heteroatoms. The van der Waals surface area contributed by atoms with Crippen LogP contribution in [0.5, 0.6) is 0 Å². The van der Waals surface area contributed by atoms with Gasteiger partial charge in [0.15, 0.2) is 0 Å². The number of nitrogens with zero attached hydrogens (tertiary/aromatic N) is 4. The molecule has 1 aliphatic heterocycles. The number of H-pyrrole nitrogens is 1. The van der Waals surface area contributed by atoms with Crippen LogP contribution in [0.4, 0.5) is 0 Å². The summed E-state index contributed by atoms with van der Waals surface area (Å²) < 4.78 is 0. The maximum absolute atomic E-state index is 12.4. The van der Waals surface area contributed by atoms with Crippen LogP contribution >= 0.6 is 11.3 Å². The largest absolute Gasteiger partial charge is 0.335 e. The molecular weight excluding hydrogens is 298 g/mol. The Kier molecular flexibility index (Phi) is 4.54. The Hall–Kier alpha value is -1.73. The van der Waals surface area contributed by atoms with E-state index >= 15 is 0 Å². The van der Waals surface area contributed by atoms with Crippen LogP contribution in [-0.2, 0) is 13.0 Å². The predicted molar refractivity (Wildman–Crippen MR) is 86.0 cm³/mol. The smallest absolute Gasteiger partial charge is 0.274 e. The fourth-order valence-corrected chi connectivity index (χ4v) is 3.24. The number of piperazine rings is 1. The number of thiazole rings is 1. The topological polar surface area (TPSA) is 65.1 Å². The Balaban J connectivity index is 1.53. The van der Waals surface area contributed by atoms with E-state index in [0.717, 1.165) is 55.5 Å². The molecule has 6 nitrogen and oxygen atoms in total. The number of carbonyl (C=O) groups excluding carboxylic acids is 1. The highest BCUT2D eigenvalue weighted by Gasteiger charge is 2.24. The zero-order chi connectivity index (χ0) is 15.5. The Morgan fingerprint density at radius 3 is 2.73 bits per heavy atom. The molecule has 0 bridgehead atoms. The van der Waals surface area contributed by atoms with Gasteiger partial charge in [0.1, 0.15) is 5.69 Å². The minimum absolute atomic E-state index is 0.0279. The number of rotatable bonds is 4. The Bertz CT molecular complexity index is 642. The quantitative estimate of drug-likeness (QED) is 0.931. The molecule has 1 amide bonds. The van der Waals surface area contributed by atoms with Crippen LogP contribution in [0.2, 0.25) is 0 Å². The van der Waals surface area contributed by atoms with Crippen LogP contribution in [0.15, 0.2) is 11.4 Å². The first-order valence-electron chi connectivity index (χ1n) is 7.62. The van der Waals surface area contributed by atoms with Crippen molar-refractivity contribution in [3.63, 3.8) is 0 Å². The molecule has 3 rings (SSSR count). The van der Waals surface area contributed by atoms with Crippen molar-refractivity contribution in [2.24, 2.45) is 0 Å². The van der Waals surface area contributed by atoms with E-state index in [9.17, 15) is 4.79 Å². The normalized spacial score (nSPS) is 16.2. The van der Waals surface area contributed by atoms with Crippen LogP contribution in [-0.4, -0.2) is 57.1 Å². The molecule has 0 atom stereocenters. The van der Waals surface area contributed by atoms with Gasteiger partial charge in [0.05, 0.1) is 10.7 Å². The zero-order valence-corrected chi connectivity index (χ0v) is 13.8. The predicted octanol–water partition coefficient (Wildman–Crippen LogP) is 1.70. The summed E-state index contributed by atoms with van der Waals surface area (Å²) in [7, 11) is 0. The summed E-state index contributed by atoms with van der Waals surface area (Å²) in [5, 5.41) is 10.2. The van der Waals surface area contributed by atoms with Crippen LogP contribution in [0.1, 0.15) is 33.8 Å². The van der Waals surface area contributed by atoms with Gasteiger partial charge >= 0.3 is 0 Å². The van der Waals surface area contributed by atoms with Gasteiger partial charge in [0.25, 0.3) is 5.91 Å². The number of aromatic amines is 1. The van der Waals surface area contributed by atoms with Crippen molar-refractivity contribution < 1.29 is 4.79 Å². The molecule has 1 saturated heterocycles. The molecule has 118 valence electrons. The van der Waals surface area contributed by atoms with E-state index in [1.807, 2.05) is 24.8 Å². The summed E-state index contributed by atoms with van der Waals surface area (Å²) in [6, 6.07) is 1.85. The summed E-state index contributed by atoms with van der Waals surface area (Å²) >= 11 is 1.69. The van der Waals surface area contributed by atoms with E-state index in [1.54, 1.807) is 11.3 Å². The van der Waals surface area contributed by atoms with Crippen LogP contribution < -0.4 is 0 Å². The van der Waals surface area contributed by atoms with Crippen molar-refractivity contribution in [2.45, 2.75) is 26.8 Å². The number of aromatic nitrogens is 3. The first kappa shape index (κ1) is 15.2. The lowest BCUT2D eigenvalue weighted by Gasteiger charge is -2.34. The maximum atomic E-state index is 12.4. The fraction of sp³-hybridized carbons (Fsp3) is 0.533. The highest BCUT2D eigenvalue weighted by atomic mass is 32.1. The highest BCUT2D eigenvalue weighted by Crippen LogP contribution is 2.13. The van der Waals surface area contributed by atoms with Crippen molar-refractivity contribution >= 4 is 17.2 Å². The SMILES string of the molecule is CCc1cc(C(=O)N2CCN(Cc3csc(C)n3)CC2)n[nH]1. The molecule has 22 heavy (non-hydrogen) atoms. The lowest BCUT2D eigenvalue weighted by atomic mass is 10.2. The van der Waals surface area contributed by atoms with Crippen molar-refractivity contribution in [1.82, 2.24) is 25.0 Å². The number of hydrogen-bond donors (Lipinski definition) is 1. The average molecular weight is 319 g/mol. The fourth-order valence-electron chi connectivity index (χ4n) is 2.63. The van der Waals surface area contributed by atoms with Crippen LogP contribution in [0, 0.1) is 6.92 Å². The van der Waals surface area contributed by atoms with E-state index in [-0.39, 0.29) is 5.91 Å². The van der Waals surface area contributed by atoms with Gasteiger partial charge in [0.2, 0.25) is 0 Å². The molecule has 0 radical (unpaired) electrons. The number of hydrogen-bond acceptors (Lipinski definition) is 5. The molecule has 1 N–H and O–H groups in total. The molecule has 0 unspecified atom stereocenters. The Labute approximate surface area is 134 Å². The molecule has 1 aliphatic rings. The number of nitrogens with one attached hydrogen (secondary N) is 1. The van der Waals surface area contributed by atoms with E-state index in [4.69, 9.17) is 0 Å². The van der Waals surface area contributed by atoms with Crippen molar-refractivity contribution in [2.75, 3.05) is 26.2 Å². The maximum Gasteiger partial charge on any atom is 0.274 e. The van der Waals surface area contributed by atoms with Gasteiger partial charge in [0, 0.05) is 43.8 Å². The molecule has 3 heterocycles. The highest BCUT2D eigenvalue weighted by molar-refractivity contribution is 7.09. The van der Waals surface area contributed by atoms with Crippen molar-refractivity contribution in [3.05, 3.63) is 33.5 Å². The van der Waals surface area contributed by atoms with Gasteiger partial charge in [-0.1, -0.05) is 6.92 Å². The van der Waals surface area contributed by atoms with E-state index < -0.39 is 0 Å². The molecule has 2 aromatic heterocycles. The lowest BCUT2D eigenvalue weighted by Crippen LogP contribution is -2.48. The summed E-state index contributed by atoms with van der Waals surface area (Å²) in [6.07, 6.45) is 0.862. The minimum Gasteiger partial charge on any atom is -0.335 e. The molecule has 2 aromatic rings. The van der Waals surface area contributed by atoms with E-state index in [2.05, 4.69) is 25.5 Å². The number of amides is 1. The van der Waals surface area contributed by atoms with E-state index in [1.165, 1.54) is 0 Å². The van der Waals surface area contributed by atoms with Crippen LogP contribution in [0.3, 0.4) is 0 Å². The van der Waals surface area contributed by atoms with Gasteiger partial charge in [-0.15, -0.1) is 11.3 Å². The lowest BCUT2D eigenvalue weighted by molar-refractivity contribution is 0.0621. The van der Waals surface area contributed by atoms with Crippen LogP contribution in [0.25, 0.3) is 0 Å².